The molecule has 4 heteroatoms. The summed E-state index contributed by atoms with van der Waals surface area (Å²) in [5, 5.41) is 15.5. The quantitative estimate of drug-likeness (QED) is 0.579. The monoisotopic (exact) mass is 343 g/mol. The fourth-order valence-corrected chi connectivity index (χ4v) is 3.05. The maximum Gasteiger partial charge on any atom is 0.0923 e. The predicted octanol–water partition coefficient (Wildman–Crippen LogP) is 4.54. The molecule has 0 aliphatic carbocycles. The molecule has 0 radical (unpaired) electrons. The van der Waals surface area contributed by atoms with Gasteiger partial charge in [0.15, 0.2) is 0 Å². The number of rotatable bonds is 5. The topological polar surface area (TPSA) is 50.9 Å². The molecule has 2 aromatic heterocycles. The molecule has 130 valence electrons. The number of aliphatic hydroxyl groups excluding tert-OH is 1. The fraction of sp³-hybridized carbons (Fsp3) is 0.182. The van der Waals surface area contributed by atoms with Crippen molar-refractivity contribution in [1.29, 1.82) is 0 Å². The van der Waals surface area contributed by atoms with Crippen molar-refractivity contribution >= 4 is 10.9 Å². The van der Waals surface area contributed by atoms with Crippen LogP contribution in [0.1, 0.15) is 13.3 Å². The van der Waals surface area contributed by atoms with Crippen molar-refractivity contribution in [1.82, 2.24) is 14.8 Å². The minimum Gasteiger partial charge on any atom is -0.391 e. The number of hydrogen-bond acceptors (Lipinski definition) is 3. The maximum absolute atomic E-state index is 9.80. The van der Waals surface area contributed by atoms with Crippen molar-refractivity contribution in [3.05, 3.63) is 73.1 Å². The predicted molar refractivity (Wildman–Crippen MR) is 105 cm³/mol. The van der Waals surface area contributed by atoms with Crippen molar-refractivity contribution in [2.45, 2.75) is 26.0 Å². The smallest absolute Gasteiger partial charge is 0.0923 e. The second kappa shape index (κ2) is 7.10. The number of benzene rings is 2. The molecule has 1 atom stereocenters. The van der Waals surface area contributed by atoms with Crippen LogP contribution in [0, 0.1) is 0 Å². The van der Waals surface area contributed by atoms with E-state index in [-0.39, 0.29) is 6.10 Å². The molecule has 0 saturated heterocycles. The number of aliphatic hydroxyl groups is 1. The molecule has 0 aliphatic rings. The van der Waals surface area contributed by atoms with Gasteiger partial charge < -0.3 is 5.11 Å². The van der Waals surface area contributed by atoms with Crippen molar-refractivity contribution in [3.63, 3.8) is 0 Å². The van der Waals surface area contributed by atoms with E-state index in [1.165, 1.54) is 0 Å². The van der Waals surface area contributed by atoms with Crippen LogP contribution in [0.3, 0.4) is 0 Å². The van der Waals surface area contributed by atoms with Crippen molar-refractivity contribution in [2.24, 2.45) is 0 Å². The van der Waals surface area contributed by atoms with E-state index in [0.29, 0.717) is 6.54 Å². The van der Waals surface area contributed by atoms with E-state index >= 15 is 0 Å². The lowest BCUT2D eigenvalue weighted by Gasteiger charge is -2.07. The van der Waals surface area contributed by atoms with Gasteiger partial charge in [-0.15, -0.1) is 0 Å². The molecule has 26 heavy (non-hydrogen) atoms. The van der Waals surface area contributed by atoms with Crippen LogP contribution >= 0.6 is 0 Å². The Morgan fingerprint density at radius 2 is 1.81 bits per heavy atom. The standard InChI is InChI=1S/C22H21N3O/c1-2-20(26)15-25-11-10-22(24-25)18-8-5-7-16(12-18)19-13-17-6-3-4-9-21(17)23-14-19/h3-14,20,26H,2,15H2,1H3/t20-/m1/s1. The van der Waals surface area contributed by atoms with Crippen LogP contribution in [0.4, 0.5) is 0 Å². The summed E-state index contributed by atoms with van der Waals surface area (Å²) in [4.78, 5) is 4.56. The number of pyridine rings is 1. The Hall–Kier alpha value is -2.98. The molecule has 0 spiro atoms. The molecule has 1 N–H and O–H groups in total. The molecule has 4 aromatic rings. The second-order valence-electron chi connectivity index (χ2n) is 6.48. The maximum atomic E-state index is 9.80. The first-order chi connectivity index (χ1) is 12.7. The minimum atomic E-state index is -0.363. The molecular weight excluding hydrogens is 322 g/mol. The third-order valence-corrected chi connectivity index (χ3v) is 4.59. The van der Waals surface area contributed by atoms with Crippen LogP contribution in [0.15, 0.2) is 73.1 Å². The zero-order valence-corrected chi connectivity index (χ0v) is 14.7. The molecule has 2 heterocycles. The van der Waals surface area contributed by atoms with Gasteiger partial charge in [-0.2, -0.15) is 5.10 Å². The summed E-state index contributed by atoms with van der Waals surface area (Å²) in [6.07, 6.45) is 4.19. The summed E-state index contributed by atoms with van der Waals surface area (Å²) < 4.78 is 1.80. The third-order valence-electron chi connectivity index (χ3n) is 4.59. The molecular formula is C22H21N3O. The van der Waals surface area contributed by atoms with Crippen LogP contribution in [-0.4, -0.2) is 26.0 Å². The normalized spacial score (nSPS) is 12.4. The second-order valence-corrected chi connectivity index (χ2v) is 6.48. The van der Waals surface area contributed by atoms with E-state index in [0.717, 1.165) is 39.7 Å². The highest BCUT2D eigenvalue weighted by molar-refractivity contribution is 5.84. The fourth-order valence-electron chi connectivity index (χ4n) is 3.05. The summed E-state index contributed by atoms with van der Waals surface area (Å²) in [6, 6.07) is 20.6. The highest BCUT2D eigenvalue weighted by Crippen LogP contribution is 2.27. The van der Waals surface area contributed by atoms with Crippen LogP contribution in [0.25, 0.3) is 33.3 Å². The Kier molecular flexibility index (Phi) is 4.50. The summed E-state index contributed by atoms with van der Waals surface area (Å²) >= 11 is 0. The number of aromatic nitrogens is 3. The van der Waals surface area contributed by atoms with E-state index in [9.17, 15) is 5.11 Å². The molecule has 0 aliphatic heterocycles. The van der Waals surface area contributed by atoms with E-state index in [1.54, 1.807) is 4.68 Å². The first-order valence-corrected chi connectivity index (χ1v) is 8.90. The van der Waals surface area contributed by atoms with E-state index < -0.39 is 0 Å². The highest BCUT2D eigenvalue weighted by Gasteiger charge is 2.08. The molecule has 0 fully saturated rings. The van der Waals surface area contributed by atoms with E-state index in [2.05, 4.69) is 40.4 Å². The van der Waals surface area contributed by atoms with Crippen molar-refractivity contribution in [3.8, 4) is 22.4 Å². The first kappa shape index (κ1) is 16.5. The van der Waals surface area contributed by atoms with Crippen LogP contribution < -0.4 is 0 Å². The average Bonchev–Trinajstić information content (AvgIpc) is 3.16. The Labute approximate surface area is 152 Å². The highest BCUT2D eigenvalue weighted by atomic mass is 16.3. The number of nitrogens with zero attached hydrogens (tertiary/aromatic N) is 3. The lowest BCUT2D eigenvalue weighted by atomic mass is 10.0. The number of fused-ring (bicyclic) bond motifs is 1. The van der Waals surface area contributed by atoms with Gasteiger partial charge in [0, 0.05) is 28.9 Å². The van der Waals surface area contributed by atoms with E-state index in [4.69, 9.17) is 0 Å². The molecule has 4 nitrogen and oxygen atoms in total. The van der Waals surface area contributed by atoms with Gasteiger partial charge in [0.1, 0.15) is 0 Å². The molecule has 0 bridgehead atoms. The summed E-state index contributed by atoms with van der Waals surface area (Å²) in [5.74, 6) is 0. The van der Waals surface area contributed by atoms with Gasteiger partial charge in [0.05, 0.1) is 23.9 Å². The van der Waals surface area contributed by atoms with Gasteiger partial charge in [0.2, 0.25) is 0 Å². The van der Waals surface area contributed by atoms with Crippen LogP contribution in [0.5, 0.6) is 0 Å². The average molecular weight is 343 g/mol. The zero-order chi connectivity index (χ0) is 17.9. The van der Waals surface area contributed by atoms with Gasteiger partial charge >= 0.3 is 0 Å². The Balaban J connectivity index is 1.65. The van der Waals surface area contributed by atoms with Crippen LogP contribution in [-0.2, 0) is 6.54 Å². The van der Waals surface area contributed by atoms with Gasteiger partial charge in [-0.05, 0) is 36.2 Å². The summed E-state index contributed by atoms with van der Waals surface area (Å²) in [6.45, 7) is 2.49. The number of para-hydroxylation sites is 1. The first-order valence-electron chi connectivity index (χ1n) is 8.90. The SMILES string of the molecule is CC[C@@H](O)Cn1ccc(-c2cccc(-c3cnc4ccccc4c3)c2)n1. The van der Waals surface area contributed by atoms with Gasteiger partial charge in [-0.1, -0.05) is 43.3 Å². The molecule has 0 unspecified atom stereocenters. The molecule has 4 rings (SSSR count). The third kappa shape index (κ3) is 3.37. The van der Waals surface area contributed by atoms with Gasteiger partial charge in [-0.25, -0.2) is 0 Å². The minimum absolute atomic E-state index is 0.363. The van der Waals surface area contributed by atoms with Gasteiger partial charge in [0.25, 0.3) is 0 Å². The largest absolute Gasteiger partial charge is 0.391 e. The molecule has 0 saturated carbocycles. The summed E-state index contributed by atoms with van der Waals surface area (Å²) in [5.41, 5.74) is 5.17. The number of hydrogen-bond donors (Lipinski definition) is 1. The van der Waals surface area contributed by atoms with Crippen molar-refractivity contribution < 1.29 is 5.11 Å². The lowest BCUT2D eigenvalue weighted by Crippen LogP contribution is -2.14. The van der Waals surface area contributed by atoms with E-state index in [1.807, 2.05) is 49.6 Å². The molecule has 0 amide bonds. The van der Waals surface area contributed by atoms with Gasteiger partial charge in [-0.3, -0.25) is 9.67 Å². The zero-order valence-electron chi connectivity index (χ0n) is 14.7. The Morgan fingerprint density at radius 3 is 2.69 bits per heavy atom. The lowest BCUT2D eigenvalue weighted by molar-refractivity contribution is 0.145. The summed E-state index contributed by atoms with van der Waals surface area (Å²) in [7, 11) is 0. The van der Waals surface area contributed by atoms with Crippen molar-refractivity contribution in [2.75, 3.05) is 0 Å². The Bertz CT molecular complexity index is 1040. The van der Waals surface area contributed by atoms with Crippen LogP contribution in [0.2, 0.25) is 0 Å². The Morgan fingerprint density at radius 1 is 0.962 bits per heavy atom. The molecule has 2 aromatic carbocycles.